The van der Waals surface area contributed by atoms with E-state index in [0.717, 1.165) is 5.56 Å². The lowest BCUT2D eigenvalue weighted by Crippen LogP contribution is -2.47. The van der Waals surface area contributed by atoms with E-state index in [-0.39, 0.29) is 17.7 Å². The second-order valence-corrected chi connectivity index (χ2v) is 6.94. The molecule has 2 amide bonds. The zero-order valence-electron chi connectivity index (χ0n) is 14.3. The summed E-state index contributed by atoms with van der Waals surface area (Å²) in [6.45, 7) is 5.60. The molecule has 0 fully saturated rings. The Morgan fingerprint density at radius 3 is 2.28 bits per heavy atom. The fourth-order valence-corrected chi connectivity index (χ4v) is 2.69. The molecule has 0 aromatic heterocycles. The van der Waals surface area contributed by atoms with Gasteiger partial charge in [0, 0.05) is 10.7 Å². The van der Waals surface area contributed by atoms with E-state index in [9.17, 15) is 9.59 Å². The van der Waals surface area contributed by atoms with Gasteiger partial charge in [0.25, 0.3) is 5.91 Å². The van der Waals surface area contributed by atoms with Gasteiger partial charge in [0.1, 0.15) is 6.04 Å². The molecule has 2 N–H and O–H groups in total. The van der Waals surface area contributed by atoms with Gasteiger partial charge in [0.15, 0.2) is 0 Å². The maximum absolute atomic E-state index is 12.6. The van der Waals surface area contributed by atoms with Gasteiger partial charge in [-0.3, -0.25) is 9.59 Å². The van der Waals surface area contributed by atoms with Crippen LogP contribution in [0, 0.1) is 12.8 Å². The molecule has 25 heavy (non-hydrogen) atoms. The molecule has 0 spiro atoms. The number of rotatable bonds is 5. The van der Waals surface area contributed by atoms with Gasteiger partial charge in [-0.25, -0.2) is 0 Å². The SMILES string of the molecule is Cc1ccc(NC(=O)[C@@H](NC(=O)c2ccccc2Cl)C(C)C)cc1Cl. The third-order valence-corrected chi connectivity index (χ3v) is 4.53. The number of hydrogen-bond donors (Lipinski definition) is 2. The fourth-order valence-electron chi connectivity index (χ4n) is 2.29. The summed E-state index contributed by atoms with van der Waals surface area (Å²) in [5.41, 5.74) is 1.84. The van der Waals surface area contributed by atoms with Crippen LogP contribution in [0.3, 0.4) is 0 Å². The molecule has 0 saturated heterocycles. The van der Waals surface area contributed by atoms with Crippen LogP contribution in [0.4, 0.5) is 5.69 Å². The van der Waals surface area contributed by atoms with Crippen LogP contribution in [-0.2, 0) is 4.79 Å². The van der Waals surface area contributed by atoms with Crippen LogP contribution in [0.1, 0.15) is 29.8 Å². The van der Waals surface area contributed by atoms with E-state index in [1.807, 2.05) is 26.8 Å². The van der Waals surface area contributed by atoms with Crippen molar-refractivity contribution in [3.05, 3.63) is 63.6 Å². The molecule has 2 rings (SSSR count). The van der Waals surface area contributed by atoms with Gasteiger partial charge < -0.3 is 10.6 Å². The smallest absolute Gasteiger partial charge is 0.253 e. The van der Waals surface area contributed by atoms with E-state index in [0.29, 0.717) is 21.3 Å². The molecule has 0 radical (unpaired) electrons. The van der Waals surface area contributed by atoms with Crippen molar-refractivity contribution in [1.82, 2.24) is 5.32 Å². The highest BCUT2D eigenvalue weighted by atomic mass is 35.5. The van der Waals surface area contributed by atoms with Gasteiger partial charge in [-0.05, 0) is 42.7 Å². The zero-order valence-corrected chi connectivity index (χ0v) is 15.8. The molecule has 0 bridgehead atoms. The number of benzene rings is 2. The zero-order chi connectivity index (χ0) is 18.6. The molecule has 2 aromatic carbocycles. The van der Waals surface area contributed by atoms with E-state index >= 15 is 0 Å². The third-order valence-electron chi connectivity index (χ3n) is 3.79. The van der Waals surface area contributed by atoms with Crippen LogP contribution in [0.25, 0.3) is 0 Å². The first-order valence-electron chi connectivity index (χ1n) is 7.92. The Kier molecular flexibility index (Phi) is 6.45. The average molecular weight is 379 g/mol. The second-order valence-electron chi connectivity index (χ2n) is 6.13. The van der Waals surface area contributed by atoms with E-state index in [4.69, 9.17) is 23.2 Å². The van der Waals surface area contributed by atoms with Crippen molar-refractivity contribution in [3.8, 4) is 0 Å². The summed E-state index contributed by atoms with van der Waals surface area (Å²) in [5.74, 6) is -0.802. The number of nitrogens with one attached hydrogen (secondary N) is 2. The van der Waals surface area contributed by atoms with Crippen molar-refractivity contribution in [1.29, 1.82) is 0 Å². The molecule has 0 aliphatic heterocycles. The largest absolute Gasteiger partial charge is 0.340 e. The Labute approximate surface area is 157 Å². The van der Waals surface area contributed by atoms with E-state index in [1.54, 1.807) is 36.4 Å². The summed E-state index contributed by atoms with van der Waals surface area (Å²) in [5, 5.41) is 6.45. The highest BCUT2D eigenvalue weighted by Gasteiger charge is 2.25. The van der Waals surface area contributed by atoms with Crippen molar-refractivity contribution in [2.75, 3.05) is 5.32 Å². The molecule has 2 aromatic rings. The summed E-state index contributed by atoms with van der Waals surface area (Å²) in [6.07, 6.45) is 0. The molecule has 4 nitrogen and oxygen atoms in total. The van der Waals surface area contributed by atoms with Crippen LogP contribution in [0.5, 0.6) is 0 Å². The number of amides is 2. The van der Waals surface area contributed by atoms with Crippen LogP contribution < -0.4 is 10.6 Å². The molecule has 1 atom stereocenters. The van der Waals surface area contributed by atoms with Crippen molar-refractivity contribution in [2.24, 2.45) is 5.92 Å². The first-order chi connectivity index (χ1) is 11.8. The molecule has 0 unspecified atom stereocenters. The molecule has 6 heteroatoms. The molecule has 0 saturated carbocycles. The Morgan fingerprint density at radius 2 is 1.68 bits per heavy atom. The molecule has 0 aliphatic rings. The lowest BCUT2D eigenvalue weighted by molar-refractivity contribution is -0.118. The number of carbonyl (C=O) groups excluding carboxylic acids is 2. The molecular formula is C19H20Cl2N2O2. The quantitative estimate of drug-likeness (QED) is 0.792. The van der Waals surface area contributed by atoms with E-state index in [1.165, 1.54) is 0 Å². The van der Waals surface area contributed by atoms with E-state index < -0.39 is 6.04 Å². The summed E-state index contributed by atoms with van der Waals surface area (Å²) in [6, 6.07) is 11.3. The van der Waals surface area contributed by atoms with Gasteiger partial charge in [-0.15, -0.1) is 0 Å². The highest BCUT2D eigenvalue weighted by Crippen LogP contribution is 2.21. The predicted octanol–water partition coefficient (Wildman–Crippen LogP) is 4.69. The number of halogens is 2. The Balaban J connectivity index is 2.14. The minimum Gasteiger partial charge on any atom is -0.340 e. The van der Waals surface area contributed by atoms with Crippen LogP contribution in [-0.4, -0.2) is 17.9 Å². The third kappa shape index (κ3) is 4.97. The minimum atomic E-state index is -0.705. The van der Waals surface area contributed by atoms with Crippen LogP contribution in [0.2, 0.25) is 10.0 Å². The lowest BCUT2D eigenvalue weighted by atomic mass is 10.0. The van der Waals surface area contributed by atoms with Gasteiger partial charge >= 0.3 is 0 Å². The van der Waals surface area contributed by atoms with Crippen LogP contribution >= 0.6 is 23.2 Å². The maximum Gasteiger partial charge on any atom is 0.253 e. The number of carbonyl (C=O) groups is 2. The topological polar surface area (TPSA) is 58.2 Å². The summed E-state index contributed by atoms with van der Waals surface area (Å²) in [4.78, 5) is 25.0. The van der Waals surface area contributed by atoms with Gasteiger partial charge in [0.05, 0.1) is 10.6 Å². The number of aryl methyl sites for hydroxylation is 1. The molecule has 0 aliphatic carbocycles. The Morgan fingerprint density at radius 1 is 1.00 bits per heavy atom. The number of hydrogen-bond acceptors (Lipinski definition) is 2. The number of anilines is 1. The second kappa shape index (κ2) is 8.37. The van der Waals surface area contributed by atoms with Crippen molar-refractivity contribution in [2.45, 2.75) is 26.8 Å². The van der Waals surface area contributed by atoms with Gasteiger partial charge in [-0.2, -0.15) is 0 Å². The highest BCUT2D eigenvalue weighted by molar-refractivity contribution is 6.34. The maximum atomic E-state index is 12.6. The fraction of sp³-hybridized carbons (Fsp3) is 0.263. The standard InChI is InChI=1S/C19H20Cl2N2O2/c1-11(2)17(23-18(24)14-6-4-5-7-15(14)20)19(25)22-13-9-8-12(3)16(21)10-13/h4-11,17H,1-3H3,(H,22,25)(H,23,24)/t17-/m0/s1. The van der Waals surface area contributed by atoms with Crippen LogP contribution in [0.15, 0.2) is 42.5 Å². The summed E-state index contributed by atoms with van der Waals surface area (Å²) < 4.78 is 0. The monoisotopic (exact) mass is 378 g/mol. The first-order valence-corrected chi connectivity index (χ1v) is 8.67. The van der Waals surface area contributed by atoms with Crippen molar-refractivity contribution in [3.63, 3.8) is 0 Å². The lowest BCUT2D eigenvalue weighted by Gasteiger charge is -2.22. The van der Waals surface area contributed by atoms with E-state index in [2.05, 4.69) is 10.6 Å². The molecule has 0 heterocycles. The molecular weight excluding hydrogens is 359 g/mol. The Hall–Kier alpha value is -2.04. The normalized spacial score (nSPS) is 11.9. The predicted molar refractivity (Wildman–Crippen MR) is 102 cm³/mol. The average Bonchev–Trinajstić information content (AvgIpc) is 2.55. The van der Waals surface area contributed by atoms with Gasteiger partial charge in [0.2, 0.25) is 5.91 Å². The summed E-state index contributed by atoms with van der Waals surface area (Å²) in [7, 11) is 0. The van der Waals surface area contributed by atoms with Crippen molar-refractivity contribution < 1.29 is 9.59 Å². The van der Waals surface area contributed by atoms with Gasteiger partial charge in [-0.1, -0.05) is 55.2 Å². The molecule has 132 valence electrons. The van der Waals surface area contributed by atoms with Crippen molar-refractivity contribution >= 4 is 40.7 Å². The Bertz CT molecular complexity index is 791. The first kappa shape index (κ1) is 19.3. The minimum absolute atomic E-state index is 0.104. The summed E-state index contributed by atoms with van der Waals surface area (Å²) >= 11 is 12.1.